The summed E-state index contributed by atoms with van der Waals surface area (Å²) in [5.41, 5.74) is 1.80. The number of aliphatic hydroxyl groups is 1. The molecule has 0 saturated heterocycles. The van der Waals surface area contributed by atoms with Crippen LogP contribution < -0.4 is 20.9 Å². The number of ether oxygens (including phenoxy) is 1. The van der Waals surface area contributed by atoms with Crippen molar-refractivity contribution < 1.29 is 53.7 Å². The van der Waals surface area contributed by atoms with Crippen molar-refractivity contribution in [1.82, 2.24) is 16.0 Å². The molecule has 0 aliphatic rings. The molecule has 3 amide bonds. The average Bonchev–Trinajstić information content (AvgIpc) is 3.12. The largest absolute Gasteiger partial charge is 0.481 e. The summed E-state index contributed by atoms with van der Waals surface area (Å²) < 4.78 is 5.32. The van der Waals surface area contributed by atoms with Crippen LogP contribution in [0.3, 0.4) is 0 Å². The van der Waals surface area contributed by atoms with Crippen LogP contribution in [0.15, 0.2) is 58.8 Å². The summed E-state index contributed by atoms with van der Waals surface area (Å²) in [5.74, 6) is -6.26. The van der Waals surface area contributed by atoms with Crippen molar-refractivity contribution in [3.8, 4) is 0 Å². The molecule has 0 aliphatic carbocycles. The molecule has 0 heterocycles. The van der Waals surface area contributed by atoms with E-state index in [4.69, 9.17) is 9.84 Å². The molecule has 2 aromatic carbocycles. The van der Waals surface area contributed by atoms with Crippen LogP contribution in [0.5, 0.6) is 0 Å². The first kappa shape index (κ1) is 43.2. The molecule has 53 heavy (non-hydrogen) atoms. The number of carboxylic acid groups (broad SMARTS) is 2. The molecule has 0 bridgehead atoms. The first-order valence-electron chi connectivity index (χ1n) is 16.8. The number of anilines is 1. The van der Waals surface area contributed by atoms with Gasteiger partial charge < -0.3 is 40.9 Å². The Kier molecular flexibility index (Phi) is 18.0. The van der Waals surface area contributed by atoms with Gasteiger partial charge >= 0.3 is 17.9 Å². The van der Waals surface area contributed by atoms with Gasteiger partial charge in [-0.25, -0.2) is 4.79 Å². The van der Waals surface area contributed by atoms with Crippen LogP contribution in [0.4, 0.5) is 22.7 Å². The lowest BCUT2D eigenvalue weighted by atomic mass is 10.0. The highest BCUT2D eigenvalue weighted by atomic mass is 16.6. The third-order valence-corrected chi connectivity index (χ3v) is 7.69. The number of esters is 1. The van der Waals surface area contributed by atoms with Gasteiger partial charge in [0, 0.05) is 43.6 Å². The Bertz CT molecular complexity index is 1600. The van der Waals surface area contributed by atoms with Crippen molar-refractivity contribution in [2.45, 2.75) is 71.0 Å². The molecule has 0 radical (unpaired) electrons. The molecule has 6 N–H and O–H groups in total. The fourth-order valence-corrected chi connectivity index (χ4v) is 4.73. The van der Waals surface area contributed by atoms with E-state index in [1.165, 1.54) is 24.3 Å². The number of nitro benzene ring substituents is 1. The summed E-state index contributed by atoms with van der Waals surface area (Å²) in [4.78, 5) is 85.2. The van der Waals surface area contributed by atoms with Gasteiger partial charge in [-0.05, 0) is 62.1 Å². The molecule has 0 saturated carbocycles. The number of carbonyl (C=O) groups excluding carboxylic acids is 4. The highest BCUT2D eigenvalue weighted by Crippen LogP contribution is 2.23. The fraction of sp³-hybridized carbons (Fsp3) is 0.471. The number of carbonyl (C=O) groups is 6. The molecule has 0 aromatic heterocycles. The van der Waals surface area contributed by atoms with Gasteiger partial charge in [0.05, 0.1) is 29.4 Å². The van der Waals surface area contributed by atoms with E-state index in [0.29, 0.717) is 24.5 Å². The Hall–Kier alpha value is -5.98. The van der Waals surface area contributed by atoms with Crippen LogP contribution in [0.25, 0.3) is 0 Å². The van der Waals surface area contributed by atoms with Crippen LogP contribution >= 0.6 is 0 Å². The van der Waals surface area contributed by atoms with E-state index < -0.39 is 77.6 Å². The van der Waals surface area contributed by atoms with E-state index in [1.54, 1.807) is 26.0 Å². The summed E-state index contributed by atoms with van der Waals surface area (Å²) >= 11 is 0. The number of azo groups is 1. The number of hydrogen-bond donors (Lipinski definition) is 6. The second-order valence-corrected chi connectivity index (χ2v) is 12.0. The minimum Gasteiger partial charge on any atom is -0.481 e. The number of nitrogens with zero attached hydrogens (tertiary/aromatic N) is 4. The standard InChI is InChI=1S/C34H45N7O12/c1-4-40(24-12-8-22(9-13-24)38-39-23-10-14-25(15-11-23)41(51)52)18-19-53-30(46)7-5-6-28(43)35-26(16-17-29(44)45)32(47)36-27(20-42)33(48)37-31(21(2)3)34(49)50/h8-15,21,26-27,31,42H,4-7,16-20H2,1-3H3,(H,35,43)(H,36,47)(H,37,48)(H,44,45)(H,49,50)/t26-,27-,31-/m0/s1. The minimum atomic E-state index is -1.57. The number of hydrogen-bond acceptors (Lipinski definition) is 13. The lowest BCUT2D eigenvalue weighted by molar-refractivity contribution is -0.384. The molecule has 19 nitrogen and oxygen atoms in total. The van der Waals surface area contributed by atoms with Crippen LogP contribution in [0.1, 0.15) is 52.9 Å². The highest BCUT2D eigenvalue weighted by Gasteiger charge is 2.30. The predicted molar refractivity (Wildman–Crippen MR) is 189 cm³/mol. The maximum Gasteiger partial charge on any atom is 0.326 e. The smallest absolute Gasteiger partial charge is 0.326 e. The molecule has 0 fully saturated rings. The predicted octanol–water partition coefficient (Wildman–Crippen LogP) is 2.60. The molecular formula is C34H45N7O12. The van der Waals surface area contributed by atoms with Crippen LogP contribution in [-0.2, 0) is 33.5 Å². The number of likely N-dealkylation sites (N-methyl/N-ethyl adjacent to an activating group) is 1. The van der Waals surface area contributed by atoms with Gasteiger partial charge in [0.1, 0.15) is 24.7 Å². The number of non-ortho nitro benzene ring substituents is 1. The lowest BCUT2D eigenvalue weighted by Gasteiger charge is -2.24. The molecule has 0 aliphatic heterocycles. The molecule has 288 valence electrons. The fourth-order valence-electron chi connectivity index (χ4n) is 4.73. The number of amides is 3. The Morgan fingerprint density at radius 2 is 1.43 bits per heavy atom. The summed E-state index contributed by atoms with van der Waals surface area (Å²) in [6, 6.07) is 8.50. The van der Waals surface area contributed by atoms with Crippen molar-refractivity contribution in [3.63, 3.8) is 0 Å². The summed E-state index contributed by atoms with van der Waals surface area (Å²) in [7, 11) is 0. The topological polar surface area (TPSA) is 280 Å². The number of nitrogens with one attached hydrogen (secondary N) is 3. The number of rotatable bonds is 23. The van der Waals surface area contributed by atoms with Crippen molar-refractivity contribution in [1.29, 1.82) is 0 Å². The van der Waals surface area contributed by atoms with Crippen molar-refractivity contribution in [3.05, 3.63) is 58.6 Å². The van der Waals surface area contributed by atoms with Gasteiger partial charge in [-0.15, -0.1) is 0 Å². The van der Waals surface area contributed by atoms with Crippen LogP contribution in [0.2, 0.25) is 0 Å². The zero-order valence-electron chi connectivity index (χ0n) is 29.6. The SMILES string of the molecule is CCN(CCOC(=O)CCCC(=O)N[C@@H](CCC(=O)O)C(=O)N[C@@H](CO)C(=O)N[C@H](C(=O)O)C(C)C)c1ccc(N=Nc2ccc([N+](=O)[O-])cc2)cc1. The Morgan fingerprint density at radius 1 is 0.849 bits per heavy atom. The first-order chi connectivity index (χ1) is 25.1. The van der Waals surface area contributed by atoms with Gasteiger partial charge in [-0.2, -0.15) is 10.2 Å². The van der Waals surface area contributed by atoms with Crippen molar-refractivity contribution in [2.24, 2.45) is 16.1 Å². The zero-order valence-corrected chi connectivity index (χ0v) is 29.6. The third kappa shape index (κ3) is 15.4. The number of carboxylic acids is 2. The van der Waals surface area contributed by atoms with Crippen LogP contribution in [0, 0.1) is 16.0 Å². The summed E-state index contributed by atoms with van der Waals surface area (Å²) in [6.45, 7) is 5.16. The second-order valence-electron chi connectivity index (χ2n) is 12.0. The molecular weight excluding hydrogens is 698 g/mol. The number of nitro groups is 1. The zero-order chi connectivity index (χ0) is 39.5. The maximum absolute atomic E-state index is 12.9. The Balaban J connectivity index is 1.83. The van der Waals surface area contributed by atoms with Gasteiger partial charge in [-0.3, -0.25) is 34.1 Å². The third-order valence-electron chi connectivity index (χ3n) is 7.69. The van der Waals surface area contributed by atoms with Gasteiger partial charge in [-0.1, -0.05) is 13.8 Å². The minimum absolute atomic E-state index is 0.0487. The Morgan fingerprint density at radius 3 is 1.94 bits per heavy atom. The molecule has 19 heteroatoms. The number of aliphatic carboxylic acids is 2. The van der Waals surface area contributed by atoms with Crippen molar-refractivity contribution >= 4 is 58.4 Å². The monoisotopic (exact) mass is 743 g/mol. The summed E-state index contributed by atoms with van der Waals surface area (Å²) in [5, 5.41) is 53.9. The molecule has 0 spiro atoms. The molecule has 3 atom stereocenters. The molecule has 2 aromatic rings. The lowest BCUT2D eigenvalue weighted by Crippen LogP contribution is -2.57. The first-order valence-corrected chi connectivity index (χ1v) is 16.8. The second kappa shape index (κ2) is 22.1. The van der Waals surface area contributed by atoms with E-state index in [0.717, 1.165) is 5.69 Å². The van der Waals surface area contributed by atoms with Crippen LogP contribution in [-0.4, -0.2) is 100 Å². The Labute approximate surface area is 304 Å². The summed E-state index contributed by atoms with van der Waals surface area (Å²) in [6.07, 6.45) is -1.13. The van der Waals surface area contributed by atoms with Gasteiger partial charge in [0.25, 0.3) is 5.69 Å². The van der Waals surface area contributed by atoms with Crippen molar-refractivity contribution in [2.75, 3.05) is 31.2 Å². The van der Waals surface area contributed by atoms with E-state index in [1.807, 2.05) is 24.0 Å². The van der Waals surface area contributed by atoms with E-state index in [-0.39, 0.29) is 38.0 Å². The average molecular weight is 744 g/mol. The van der Waals surface area contributed by atoms with Gasteiger partial charge in [0.15, 0.2) is 0 Å². The van der Waals surface area contributed by atoms with Gasteiger partial charge in [0.2, 0.25) is 17.7 Å². The molecule has 0 unspecified atom stereocenters. The highest BCUT2D eigenvalue weighted by molar-refractivity contribution is 5.93. The number of aliphatic hydroxyl groups excluding tert-OH is 1. The quantitative estimate of drug-likeness (QED) is 0.0414. The van der Waals surface area contributed by atoms with E-state index >= 15 is 0 Å². The van der Waals surface area contributed by atoms with E-state index in [9.17, 15) is 49.1 Å². The normalized spacial score (nSPS) is 12.7. The van der Waals surface area contributed by atoms with E-state index in [2.05, 4.69) is 26.2 Å². The number of benzene rings is 2. The molecule has 2 rings (SSSR count). The maximum atomic E-state index is 12.9.